The smallest absolute Gasteiger partial charge is 0.0512 e. The van der Waals surface area contributed by atoms with Gasteiger partial charge in [0.05, 0.1) is 6.10 Å². The molecular formula is C14H30O. The van der Waals surface area contributed by atoms with Gasteiger partial charge in [-0.3, -0.25) is 0 Å². The molecule has 0 aromatic heterocycles. The van der Waals surface area contributed by atoms with Crippen LogP contribution in [0.1, 0.15) is 73.1 Å². The van der Waals surface area contributed by atoms with Crippen LogP contribution in [-0.4, -0.2) is 11.2 Å². The van der Waals surface area contributed by atoms with Gasteiger partial charge in [-0.25, -0.2) is 0 Å². The van der Waals surface area contributed by atoms with Gasteiger partial charge in [-0.1, -0.05) is 47.0 Å². The lowest BCUT2D eigenvalue weighted by Crippen LogP contribution is -2.12. The van der Waals surface area contributed by atoms with Crippen molar-refractivity contribution < 1.29 is 5.11 Å². The topological polar surface area (TPSA) is 20.2 Å². The third kappa shape index (κ3) is 10.2. The fraction of sp³-hybridized carbons (Fsp3) is 1.00. The Hall–Kier alpha value is -0.0400. The second-order valence-corrected chi connectivity index (χ2v) is 6.19. The first-order chi connectivity index (χ1) is 6.83. The lowest BCUT2D eigenvalue weighted by Gasteiger charge is -2.25. The average molecular weight is 214 g/mol. The van der Waals surface area contributed by atoms with Crippen LogP contribution in [0.4, 0.5) is 0 Å². The van der Waals surface area contributed by atoms with E-state index in [2.05, 4.69) is 27.7 Å². The summed E-state index contributed by atoms with van der Waals surface area (Å²) in [6, 6.07) is 0. The molecule has 0 aliphatic heterocycles. The van der Waals surface area contributed by atoms with Gasteiger partial charge in [0.1, 0.15) is 0 Å². The van der Waals surface area contributed by atoms with Gasteiger partial charge in [0.2, 0.25) is 0 Å². The Morgan fingerprint density at radius 2 is 1.40 bits per heavy atom. The summed E-state index contributed by atoms with van der Waals surface area (Å²) in [6.45, 7) is 11.2. The maximum absolute atomic E-state index is 9.20. The van der Waals surface area contributed by atoms with Crippen molar-refractivity contribution in [2.24, 2.45) is 11.3 Å². The van der Waals surface area contributed by atoms with Gasteiger partial charge in [-0.2, -0.15) is 0 Å². The zero-order valence-electron chi connectivity index (χ0n) is 11.3. The van der Waals surface area contributed by atoms with E-state index < -0.39 is 0 Å². The zero-order chi connectivity index (χ0) is 11.9. The summed E-state index contributed by atoms with van der Waals surface area (Å²) in [7, 11) is 0. The summed E-state index contributed by atoms with van der Waals surface area (Å²) in [4.78, 5) is 0. The van der Waals surface area contributed by atoms with Gasteiger partial charge in [-0.15, -0.1) is 0 Å². The third-order valence-electron chi connectivity index (χ3n) is 3.11. The maximum atomic E-state index is 9.20. The molecule has 0 aromatic rings. The van der Waals surface area contributed by atoms with Crippen molar-refractivity contribution in [2.45, 2.75) is 79.2 Å². The largest absolute Gasteiger partial charge is 0.393 e. The molecule has 0 rings (SSSR count). The van der Waals surface area contributed by atoms with Gasteiger partial charge in [0, 0.05) is 0 Å². The minimum Gasteiger partial charge on any atom is -0.393 e. The van der Waals surface area contributed by atoms with Crippen LogP contribution in [0.2, 0.25) is 0 Å². The fourth-order valence-electron chi connectivity index (χ4n) is 1.99. The molecule has 0 radical (unpaired) electrons. The Kier molecular flexibility index (Phi) is 7.25. The summed E-state index contributed by atoms with van der Waals surface area (Å²) in [6.07, 6.45) is 7.25. The molecule has 1 N–H and O–H groups in total. The second kappa shape index (κ2) is 7.27. The highest BCUT2D eigenvalue weighted by atomic mass is 16.3. The summed E-state index contributed by atoms with van der Waals surface area (Å²) in [5, 5.41) is 9.20. The molecule has 92 valence electrons. The summed E-state index contributed by atoms with van der Waals surface area (Å²) < 4.78 is 0. The van der Waals surface area contributed by atoms with Crippen molar-refractivity contribution in [3.05, 3.63) is 0 Å². The van der Waals surface area contributed by atoms with Gasteiger partial charge >= 0.3 is 0 Å². The van der Waals surface area contributed by atoms with E-state index in [1.165, 1.54) is 25.7 Å². The van der Waals surface area contributed by atoms with Crippen LogP contribution in [0.5, 0.6) is 0 Å². The van der Waals surface area contributed by atoms with E-state index >= 15 is 0 Å². The van der Waals surface area contributed by atoms with Crippen molar-refractivity contribution in [3.63, 3.8) is 0 Å². The maximum Gasteiger partial charge on any atom is 0.0512 e. The number of hydrogen-bond donors (Lipinski definition) is 1. The molecule has 0 aliphatic rings. The predicted molar refractivity (Wildman–Crippen MR) is 68.0 cm³/mol. The SMILES string of the molecule is CC(C)CCCC(C)(C)CCCC(C)O. The van der Waals surface area contributed by atoms with E-state index in [-0.39, 0.29) is 6.10 Å². The predicted octanol–water partition coefficient (Wildman–Crippen LogP) is 4.39. The van der Waals surface area contributed by atoms with Gasteiger partial charge < -0.3 is 5.11 Å². The molecular weight excluding hydrogens is 184 g/mol. The molecule has 1 atom stereocenters. The van der Waals surface area contributed by atoms with Gasteiger partial charge in [0.25, 0.3) is 0 Å². The number of rotatable bonds is 8. The minimum atomic E-state index is -0.128. The Morgan fingerprint density at radius 1 is 0.933 bits per heavy atom. The molecule has 1 heteroatoms. The van der Waals surface area contributed by atoms with Crippen LogP contribution in [-0.2, 0) is 0 Å². The lowest BCUT2D eigenvalue weighted by molar-refractivity contribution is 0.170. The molecule has 0 spiro atoms. The van der Waals surface area contributed by atoms with Crippen LogP contribution in [0.15, 0.2) is 0 Å². The normalized spacial score (nSPS) is 14.6. The quantitative estimate of drug-likeness (QED) is 0.635. The number of hydrogen-bond acceptors (Lipinski definition) is 1. The molecule has 0 bridgehead atoms. The second-order valence-electron chi connectivity index (χ2n) is 6.19. The van der Waals surface area contributed by atoms with Crippen molar-refractivity contribution in [1.82, 2.24) is 0 Å². The van der Waals surface area contributed by atoms with Crippen LogP contribution >= 0.6 is 0 Å². The zero-order valence-corrected chi connectivity index (χ0v) is 11.3. The molecule has 0 fully saturated rings. The first kappa shape index (κ1) is 15.0. The van der Waals surface area contributed by atoms with Crippen molar-refractivity contribution in [1.29, 1.82) is 0 Å². The summed E-state index contributed by atoms with van der Waals surface area (Å²) >= 11 is 0. The van der Waals surface area contributed by atoms with Gasteiger partial charge in [-0.05, 0) is 37.5 Å². The molecule has 1 nitrogen and oxygen atoms in total. The summed E-state index contributed by atoms with van der Waals surface area (Å²) in [5.41, 5.74) is 0.462. The molecule has 15 heavy (non-hydrogen) atoms. The standard InChI is InChI=1S/C14H30O/c1-12(2)8-6-10-14(4,5)11-7-9-13(3)15/h12-13,15H,6-11H2,1-5H3. The van der Waals surface area contributed by atoms with Gasteiger partial charge in [0.15, 0.2) is 0 Å². The fourth-order valence-corrected chi connectivity index (χ4v) is 1.99. The molecule has 0 amide bonds. The lowest BCUT2D eigenvalue weighted by atomic mass is 9.81. The first-order valence-corrected chi connectivity index (χ1v) is 6.51. The van der Waals surface area contributed by atoms with E-state index in [1.807, 2.05) is 6.92 Å². The third-order valence-corrected chi connectivity index (χ3v) is 3.11. The molecule has 0 saturated carbocycles. The van der Waals surface area contributed by atoms with E-state index in [0.29, 0.717) is 5.41 Å². The van der Waals surface area contributed by atoms with E-state index in [4.69, 9.17) is 0 Å². The average Bonchev–Trinajstić information content (AvgIpc) is 2.01. The molecule has 1 unspecified atom stereocenters. The first-order valence-electron chi connectivity index (χ1n) is 6.51. The monoisotopic (exact) mass is 214 g/mol. The summed E-state index contributed by atoms with van der Waals surface area (Å²) in [5.74, 6) is 0.832. The van der Waals surface area contributed by atoms with E-state index in [1.54, 1.807) is 0 Å². The Bertz CT molecular complexity index is 131. The molecule has 0 aromatic carbocycles. The van der Waals surface area contributed by atoms with Crippen LogP contribution < -0.4 is 0 Å². The van der Waals surface area contributed by atoms with Crippen LogP contribution in [0, 0.1) is 11.3 Å². The Morgan fingerprint density at radius 3 is 1.80 bits per heavy atom. The highest BCUT2D eigenvalue weighted by Crippen LogP contribution is 2.30. The highest BCUT2D eigenvalue weighted by molar-refractivity contribution is 4.69. The molecule has 0 saturated heterocycles. The highest BCUT2D eigenvalue weighted by Gasteiger charge is 2.17. The Balaban J connectivity index is 3.57. The van der Waals surface area contributed by atoms with Crippen molar-refractivity contribution in [3.8, 4) is 0 Å². The van der Waals surface area contributed by atoms with Crippen molar-refractivity contribution >= 4 is 0 Å². The number of aliphatic hydroxyl groups excluding tert-OH is 1. The Labute approximate surface area is 96.3 Å². The van der Waals surface area contributed by atoms with E-state index in [0.717, 1.165) is 18.8 Å². The molecule has 0 aliphatic carbocycles. The van der Waals surface area contributed by atoms with Crippen molar-refractivity contribution in [2.75, 3.05) is 0 Å². The number of aliphatic hydroxyl groups is 1. The minimum absolute atomic E-state index is 0.128. The molecule has 0 heterocycles. The van der Waals surface area contributed by atoms with Crippen LogP contribution in [0.25, 0.3) is 0 Å². The van der Waals surface area contributed by atoms with Crippen LogP contribution in [0.3, 0.4) is 0 Å². The van der Waals surface area contributed by atoms with E-state index in [9.17, 15) is 5.11 Å².